The summed E-state index contributed by atoms with van der Waals surface area (Å²) in [6.45, 7) is 11.9. The molecule has 1 aliphatic rings. The fourth-order valence-electron chi connectivity index (χ4n) is 2.58. The van der Waals surface area contributed by atoms with Crippen LogP contribution >= 0.6 is 12.4 Å². The first-order valence-corrected chi connectivity index (χ1v) is 7.35. The quantitative estimate of drug-likeness (QED) is 0.911. The lowest BCUT2D eigenvalue weighted by molar-refractivity contribution is 0.0783. The Morgan fingerprint density at radius 3 is 2.43 bits per heavy atom. The van der Waals surface area contributed by atoms with Crippen molar-refractivity contribution in [2.24, 2.45) is 5.73 Å². The average Bonchev–Trinajstić information content (AvgIpc) is 2.93. The molecule has 0 spiro atoms. The van der Waals surface area contributed by atoms with E-state index < -0.39 is 0 Å². The molecule has 120 valence electrons. The Kier molecular flexibility index (Phi) is 5.45. The number of carbonyl (C=O) groups is 1. The van der Waals surface area contributed by atoms with E-state index in [9.17, 15) is 4.79 Å². The summed E-state index contributed by atoms with van der Waals surface area (Å²) >= 11 is 0. The maximum Gasteiger partial charge on any atom is 0.274 e. The van der Waals surface area contributed by atoms with Crippen molar-refractivity contribution in [2.75, 3.05) is 13.1 Å². The molecule has 0 saturated carbocycles. The lowest BCUT2D eigenvalue weighted by atomic mass is 10.1. The Morgan fingerprint density at radius 2 is 2.05 bits per heavy atom. The molecule has 5 nitrogen and oxygen atoms in total. The summed E-state index contributed by atoms with van der Waals surface area (Å²) in [4.78, 5) is 14.3. The van der Waals surface area contributed by atoms with E-state index in [4.69, 9.17) is 5.73 Å². The van der Waals surface area contributed by atoms with Gasteiger partial charge in [-0.15, -0.1) is 12.4 Å². The summed E-state index contributed by atoms with van der Waals surface area (Å²) in [5.74, 6) is 0.340. The lowest BCUT2D eigenvalue weighted by Crippen LogP contribution is -2.32. The number of likely N-dealkylation sites (tertiary alicyclic amines) is 1. The van der Waals surface area contributed by atoms with E-state index in [1.165, 1.54) is 0 Å². The van der Waals surface area contributed by atoms with Gasteiger partial charge in [0.1, 0.15) is 0 Å². The second-order valence-corrected chi connectivity index (χ2v) is 6.99. The molecule has 1 aromatic heterocycles. The summed E-state index contributed by atoms with van der Waals surface area (Å²) in [5, 5.41) is 4.56. The summed E-state index contributed by atoms with van der Waals surface area (Å²) in [6.07, 6.45) is 0.878. The van der Waals surface area contributed by atoms with Crippen LogP contribution in [-0.2, 0) is 5.54 Å². The second-order valence-electron chi connectivity index (χ2n) is 6.99. The van der Waals surface area contributed by atoms with Crippen LogP contribution in [0.4, 0.5) is 0 Å². The van der Waals surface area contributed by atoms with Gasteiger partial charge in [-0.2, -0.15) is 5.10 Å². The highest BCUT2D eigenvalue weighted by Crippen LogP contribution is 2.24. The Hall–Kier alpha value is -1.07. The van der Waals surface area contributed by atoms with E-state index in [2.05, 4.69) is 39.7 Å². The van der Waals surface area contributed by atoms with Gasteiger partial charge in [-0.3, -0.25) is 9.48 Å². The van der Waals surface area contributed by atoms with Crippen LogP contribution in [0.25, 0.3) is 0 Å². The standard InChI is InChI=1S/C15H26N4O.ClH/c1-10(2)13-8-12(17-19(13)15(3,4)5)14(20)18-7-6-11(16)9-18;/h8,10-11H,6-7,9,16H2,1-5H3;1H/t11-;/m1./s1. The summed E-state index contributed by atoms with van der Waals surface area (Å²) < 4.78 is 1.97. The van der Waals surface area contributed by atoms with Crippen LogP contribution in [0.2, 0.25) is 0 Å². The largest absolute Gasteiger partial charge is 0.336 e. The van der Waals surface area contributed by atoms with Crippen molar-refractivity contribution in [1.82, 2.24) is 14.7 Å². The summed E-state index contributed by atoms with van der Waals surface area (Å²) in [6, 6.07) is 2.04. The van der Waals surface area contributed by atoms with Crippen LogP contribution in [0.15, 0.2) is 6.07 Å². The molecule has 21 heavy (non-hydrogen) atoms. The highest BCUT2D eigenvalue weighted by atomic mass is 35.5. The fourth-order valence-corrected chi connectivity index (χ4v) is 2.58. The fraction of sp³-hybridized carbons (Fsp3) is 0.733. The van der Waals surface area contributed by atoms with Gasteiger partial charge >= 0.3 is 0 Å². The lowest BCUT2D eigenvalue weighted by Gasteiger charge is -2.23. The monoisotopic (exact) mass is 314 g/mol. The van der Waals surface area contributed by atoms with Crippen molar-refractivity contribution >= 4 is 18.3 Å². The first-order chi connectivity index (χ1) is 9.20. The number of carbonyl (C=O) groups excluding carboxylic acids is 1. The molecule has 1 aliphatic heterocycles. The molecule has 0 radical (unpaired) electrons. The average molecular weight is 315 g/mol. The zero-order chi connectivity index (χ0) is 15.1. The molecule has 0 aromatic carbocycles. The van der Waals surface area contributed by atoms with Crippen molar-refractivity contribution < 1.29 is 4.79 Å². The number of hydrogen-bond donors (Lipinski definition) is 1. The van der Waals surface area contributed by atoms with Crippen LogP contribution in [0, 0.1) is 0 Å². The van der Waals surface area contributed by atoms with Gasteiger partial charge in [0.2, 0.25) is 0 Å². The van der Waals surface area contributed by atoms with E-state index >= 15 is 0 Å². The van der Waals surface area contributed by atoms with Gasteiger partial charge in [-0.25, -0.2) is 0 Å². The van der Waals surface area contributed by atoms with Crippen molar-refractivity contribution in [3.8, 4) is 0 Å². The normalized spacial score (nSPS) is 19.0. The second kappa shape index (κ2) is 6.36. The third-order valence-corrected chi connectivity index (χ3v) is 3.69. The predicted octanol–water partition coefficient (Wildman–Crippen LogP) is 2.36. The van der Waals surface area contributed by atoms with E-state index in [0.29, 0.717) is 18.2 Å². The SMILES string of the molecule is CC(C)c1cc(C(=O)N2CC[C@@H](N)C2)nn1C(C)(C)C.Cl. The van der Waals surface area contributed by atoms with Crippen LogP contribution < -0.4 is 5.73 Å². The molecule has 0 aliphatic carbocycles. The first kappa shape index (κ1) is 18.0. The Balaban J connectivity index is 0.00000220. The first-order valence-electron chi connectivity index (χ1n) is 7.35. The van der Waals surface area contributed by atoms with Gasteiger partial charge < -0.3 is 10.6 Å². The number of hydrogen-bond acceptors (Lipinski definition) is 3. The van der Waals surface area contributed by atoms with Crippen molar-refractivity contribution in [1.29, 1.82) is 0 Å². The Labute approximate surface area is 133 Å². The van der Waals surface area contributed by atoms with E-state index in [-0.39, 0.29) is 29.9 Å². The minimum atomic E-state index is -0.125. The number of halogens is 1. The smallest absolute Gasteiger partial charge is 0.274 e. The molecule has 2 heterocycles. The van der Waals surface area contributed by atoms with Crippen molar-refractivity contribution in [3.63, 3.8) is 0 Å². The van der Waals surface area contributed by atoms with Gasteiger partial charge in [0.05, 0.1) is 5.54 Å². The molecule has 6 heteroatoms. The van der Waals surface area contributed by atoms with Crippen LogP contribution in [0.5, 0.6) is 0 Å². The molecule has 1 atom stereocenters. The molecule has 1 fully saturated rings. The zero-order valence-corrected chi connectivity index (χ0v) is 14.4. The Morgan fingerprint density at radius 1 is 1.43 bits per heavy atom. The summed E-state index contributed by atoms with van der Waals surface area (Å²) in [5.41, 5.74) is 7.39. The Bertz CT molecular complexity index is 504. The van der Waals surface area contributed by atoms with Crippen LogP contribution in [-0.4, -0.2) is 39.7 Å². The van der Waals surface area contributed by atoms with Crippen molar-refractivity contribution in [2.45, 2.75) is 58.5 Å². The number of aromatic nitrogens is 2. The molecular formula is C15H27ClN4O. The predicted molar refractivity (Wildman–Crippen MR) is 87.1 cm³/mol. The third kappa shape index (κ3) is 3.77. The maximum atomic E-state index is 12.5. The van der Waals surface area contributed by atoms with E-state index in [1.54, 1.807) is 0 Å². The number of amides is 1. The minimum absolute atomic E-state index is 0. The molecule has 0 bridgehead atoms. The number of nitrogens with two attached hydrogens (primary N) is 1. The number of rotatable bonds is 2. The number of nitrogens with zero attached hydrogens (tertiary/aromatic N) is 3. The van der Waals surface area contributed by atoms with Gasteiger partial charge in [-0.1, -0.05) is 13.8 Å². The minimum Gasteiger partial charge on any atom is -0.336 e. The van der Waals surface area contributed by atoms with Crippen molar-refractivity contribution in [3.05, 3.63) is 17.5 Å². The molecular weight excluding hydrogens is 288 g/mol. The van der Waals surface area contributed by atoms with Gasteiger partial charge in [0, 0.05) is 24.8 Å². The van der Waals surface area contributed by atoms with E-state index in [0.717, 1.165) is 18.7 Å². The zero-order valence-electron chi connectivity index (χ0n) is 13.6. The topological polar surface area (TPSA) is 64.2 Å². The molecule has 1 aromatic rings. The molecule has 1 amide bonds. The van der Waals surface area contributed by atoms with E-state index in [1.807, 2.05) is 15.6 Å². The highest BCUT2D eigenvalue weighted by molar-refractivity contribution is 5.92. The van der Waals surface area contributed by atoms with Crippen LogP contribution in [0.1, 0.15) is 63.1 Å². The van der Waals surface area contributed by atoms with Gasteiger partial charge in [0.25, 0.3) is 5.91 Å². The van der Waals surface area contributed by atoms with Crippen LogP contribution in [0.3, 0.4) is 0 Å². The van der Waals surface area contributed by atoms with Gasteiger partial charge in [-0.05, 0) is 39.2 Å². The highest BCUT2D eigenvalue weighted by Gasteiger charge is 2.29. The summed E-state index contributed by atoms with van der Waals surface area (Å²) in [7, 11) is 0. The maximum absolute atomic E-state index is 12.5. The molecule has 0 unspecified atom stereocenters. The molecule has 2 rings (SSSR count). The van der Waals surface area contributed by atoms with Gasteiger partial charge in [0.15, 0.2) is 5.69 Å². The molecule has 1 saturated heterocycles. The molecule has 2 N–H and O–H groups in total. The third-order valence-electron chi connectivity index (χ3n) is 3.69.